The second-order valence-electron chi connectivity index (χ2n) is 3.70. The lowest BCUT2D eigenvalue weighted by atomic mass is 10.1. The number of aliphatic carboxylic acids is 1. The third-order valence-electron chi connectivity index (χ3n) is 2.31. The average Bonchev–Trinajstić information content (AvgIpc) is 2.39. The van der Waals surface area contributed by atoms with Crippen LogP contribution in [0.1, 0.15) is 10.4 Å². The zero-order chi connectivity index (χ0) is 15.4. The summed E-state index contributed by atoms with van der Waals surface area (Å²) >= 11 is 0. The summed E-state index contributed by atoms with van der Waals surface area (Å²) in [7, 11) is 1.17. The summed E-state index contributed by atoms with van der Waals surface area (Å²) in [5.41, 5.74) is -1.02. The highest BCUT2D eigenvalue weighted by atomic mass is 19.2. The molecular weight excluding hydrogens is 283 g/mol. The van der Waals surface area contributed by atoms with Crippen molar-refractivity contribution in [2.24, 2.45) is 0 Å². The summed E-state index contributed by atoms with van der Waals surface area (Å²) in [6, 6.07) is -1.30. The molecule has 9 heteroatoms. The van der Waals surface area contributed by atoms with Crippen LogP contribution in [0.15, 0.2) is 6.07 Å². The monoisotopic (exact) mass is 293 g/mol. The number of nitrogens with one attached hydrogen (secondary N) is 1. The van der Waals surface area contributed by atoms with Crippen LogP contribution >= 0.6 is 0 Å². The fourth-order valence-electron chi connectivity index (χ4n) is 1.33. The van der Waals surface area contributed by atoms with E-state index in [1.807, 2.05) is 5.32 Å². The quantitative estimate of drug-likeness (QED) is 0.692. The molecule has 0 aliphatic carbocycles. The van der Waals surface area contributed by atoms with Crippen LogP contribution in [0.3, 0.4) is 0 Å². The number of benzene rings is 1. The second kappa shape index (κ2) is 6.24. The van der Waals surface area contributed by atoms with Crippen molar-refractivity contribution in [1.82, 2.24) is 5.32 Å². The summed E-state index contributed by atoms with van der Waals surface area (Å²) < 4.78 is 43.8. The maximum absolute atomic E-state index is 13.4. The number of ether oxygens (including phenoxy) is 1. The molecule has 0 aliphatic rings. The van der Waals surface area contributed by atoms with Crippen LogP contribution in [0.25, 0.3) is 0 Å². The lowest BCUT2D eigenvalue weighted by Gasteiger charge is -2.14. The minimum atomic E-state index is -1.84. The molecule has 0 saturated heterocycles. The number of carbonyl (C=O) groups excluding carboxylic acids is 1. The van der Waals surface area contributed by atoms with Crippen LogP contribution in [0.4, 0.5) is 13.2 Å². The van der Waals surface area contributed by atoms with Crippen LogP contribution in [0, 0.1) is 17.5 Å². The highest BCUT2D eigenvalue weighted by molar-refractivity contribution is 5.97. The minimum absolute atomic E-state index is 0.214. The van der Waals surface area contributed by atoms with Crippen molar-refractivity contribution >= 4 is 11.9 Å². The summed E-state index contributed by atoms with van der Waals surface area (Å²) in [5.74, 6) is -9.64. The molecule has 0 bridgehead atoms. The number of halogens is 3. The lowest BCUT2D eigenvalue weighted by Crippen LogP contribution is -2.44. The van der Waals surface area contributed by atoms with E-state index in [1.165, 1.54) is 7.11 Å². The Morgan fingerprint density at radius 2 is 1.95 bits per heavy atom. The Balaban J connectivity index is 3.07. The van der Waals surface area contributed by atoms with Gasteiger partial charge in [-0.1, -0.05) is 0 Å². The van der Waals surface area contributed by atoms with Gasteiger partial charge in [0.1, 0.15) is 0 Å². The Bertz CT molecular complexity index is 549. The molecular formula is C11H10F3NO5. The van der Waals surface area contributed by atoms with Crippen molar-refractivity contribution in [2.75, 3.05) is 13.7 Å². The van der Waals surface area contributed by atoms with E-state index in [1.54, 1.807) is 0 Å². The molecule has 0 saturated carbocycles. The molecule has 1 rings (SSSR count). The summed E-state index contributed by atoms with van der Waals surface area (Å²) in [4.78, 5) is 22.4. The third-order valence-corrected chi connectivity index (χ3v) is 2.31. The first kappa shape index (κ1) is 15.8. The van der Waals surface area contributed by atoms with E-state index in [0.717, 1.165) is 0 Å². The zero-order valence-electron chi connectivity index (χ0n) is 10.1. The van der Waals surface area contributed by atoms with Gasteiger partial charge in [0.05, 0.1) is 12.2 Å². The number of carboxylic acids is 1. The molecule has 0 spiro atoms. The maximum atomic E-state index is 13.4. The van der Waals surface area contributed by atoms with Crippen LogP contribution in [-0.4, -0.2) is 41.8 Å². The summed E-state index contributed by atoms with van der Waals surface area (Å²) in [6.07, 6.45) is 0. The molecule has 1 aromatic carbocycles. The molecule has 20 heavy (non-hydrogen) atoms. The highest BCUT2D eigenvalue weighted by Gasteiger charge is 2.26. The second-order valence-corrected chi connectivity index (χ2v) is 3.70. The molecule has 1 aromatic rings. The van der Waals surface area contributed by atoms with E-state index in [0.29, 0.717) is 0 Å². The van der Waals surface area contributed by atoms with Crippen LogP contribution in [0.5, 0.6) is 5.75 Å². The molecule has 1 atom stereocenters. The Kier molecular flexibility index (Phi) is 4.92. The van der Waals surface area contributed by atoms with E-state index in [2.05, 4.69) is 4.74 Å². The molecule has 0 radical (unpaired) electrons. The Hall–Kier alpha value is -2.29. The van der Waals surface area contributed by atoms with Crippen molar-refractivity contribution < 1.29 is 37.7 Å². The van der Waals surface area contributed by atoms with Crippen LogP contribution in [-0.2, 0) is 9.53 Å². The van der Waals surface area contributed by atoms with E-state index >= 15 is 0 Å². The number of methoxy groups -OCH3 is 1. The van der Waals surface area contributed by atoms with Gasteiger partial charge in [-0.15, -0.1) is 0 Å². The number of carboxylic acid groups (broad SMARTS) is 1. The lowest BCUT2D eigenvalue weighted by molar-refractivity contribution is -0.140. The molecule has 0 aromatic heterocycles. The maximum Gasteiger partial charge on any atom is 0.328 e. The SMILES string of the molecule is COCC(NC(=O)c1cc(F)c(F)c(O)c1F)C(=O)O. The Morgan fingerprint density at radius 3 is 2.45 bits per heavy atom. The highest BCUT2D eigenvalue weighted by Crippen LogP contribution is 2.25. The molecule has 1 unspecified atom stereocenters. The number of amides is 1. The van der Waals surface area contributed by atoms with E-state index in [-0.39, 0.29) is 6.07 Å². The minimum Gasteiger partial charge on any atom is -0.503 e. The summed E-state index contributed by atoms with van der Waals surface area (Å²) in [5, 5.41) is 19.5. The summed E-state index contributed by atoms with van der Waals surface area (Å²) in [6.45, 7) is -0.418. The number of aromatic hydroxyl groups is 1. The first-order valence-corrected chi connectivity index (χ1v) is 5.18. The number of hydrogen-bond donors (Lipinski definition) is 3. The van der Waals surface area contributed by atoms with Gasteiger partial charge in [-0.05, 0) is 6.07 Å². The first-order valence-electron chi connectivity index (χ1n) is 5.18. The van der Waals surface area contributed by atoms with Gasteiger partial charge >= 0.3 is 5.97 Å². The smallest absolute Gasteiger partial charge is 0.328 e. The van der Waals surface area contributed by atoms with Gasteiger partial charge in [0.25, 0.3) is 5.91 Å². The van der Waals surface area contributed by atoms with Gasteiger partial charge in [0, 0.05) is 7.11 Å². The van der Waals surface area contributed by atoms with Gasteiger partial charge in [-0.3, -0.25) is 4.79 Å². The van der Waals surface area contributed by atoms with Crippen LogP contribution < -0.4 is 5.32 Å². The number of carbonyl (C=O) groups is 2. The fraction of sp³-hybridized carbons (Fsp3) is 0.273. The van der Waals surface area contributed by atoms with E-state index in [9.17, 15) is 22.8 Å². The molecule has 3 N–H and O–H groups in total. The molecule has 1 amide bonds. The van der Waals surface area contributed by atoms with Gasteiger partial charge < -0.3 is 20.3 Å². The van der Waals surface area contributed by atoms with Gasteiger partial charge in [-0.2, -0.15) is 4.39 Å². The van der Waals surface area contributed by atoms with Crippen LogP contribution in [0.2, 0.25) is 0 Å². The topological polar surface area (TPSA) is 95.9 Å². The number of phenols is 1. The number of rotatable bonds is 5. The Labute approximate surface area is 110 Å². The Morgan fingerprint density at radius 1 is 1.35 bits per heavy atom. The van der Waals surface area contributed by atoms with Crippen molar-refractivity contribution in [2.45, 2.75) is 6.04 Å². The molecule has 6 nitrogen and oxygen atoms in total. The predicted octanol–water partition coefficient (Wildman–Crippen LogP) is 0.639. The zero-order valence-corrected chi connectivity index (χ0v) is 10.1. The predicted molar refractivity (Wildman–Crippen MR) is 58.7 cm³/mol. The van der Waals surface area contributed by atoms with Crippen molar-refractivity contribution in [1.29, 1.82) is 0 Å². The number of phenolic OH excluding ortho intramolecular Hbond substituents is 1. The van der Waals surface area contributed by atoms with Crippen molar-refractivity contribution in [3.05, 3.63) is 29.1 Å². The van der Waals surface area contributed by atoms with E-state index in [4.69, 9.17) is 10.2 Å². The van der Waals surface area contributed by atoms with E-state index < -0.39 is 53.3 Å². The molecule has 110 valence electrons. The van der Waals surface area contributed by atoms with Crippen molar-refractivity contribution in [3.63, 3.8) is 0 Å². The first-order chi connectivity index (χ1) is 9.29. The largest absolute Gasteiger partial charge is 0.503 e. The average molecular weight is 293 g/mol. The fourth-order valence-corrected chi connectivity index (χ4v) is 1.33. The molecule has 0 fully saturated rings. The van der Waals surface area contributed by atoms with Crippen molar-refractivity contribution in [3.8, 4) is 5.75 Å². The van der Waals surface area contributed by atoms with Gasteiger partial charge in [-0.25, -0.2) is 13.6 Å². The third kappa shape index (κ3) is 3.18. The standard InChI is InChI=1S/C11H10F3NO5/c1-20-3-6(11(18)19)15-10(17)4-2-5(12)8(14)9(16)7(4)13/h2,6,16H,3H2,1H3,(H,15,17)(H,18,19). The normalized spacial score (nSPS) is 12.0. The van der Waals surface area contributed by atoms with Gasteiger partial charge in [0.15, 0.2) is 23.4 Å². The van der Waals surface area contributed by atoms with Gasteiger partial charge in [0.2, 0.25) is 5.82 Å². The molecule has 0 heterocycles. The molecule has 0 aliphatic heterocycles. The number of hydrogen-bond acceptors (Lipinski definition) is 4.